The third-order valence-corrected chi connectivity index (χ3v) is 4.36. The molecule has 0 spiro atoms. The van der Waals surface area contributed by atoms with Crippen LogP contribution in [-0.2, 0) is 4.79 Å². The summed E-state index contributed by atoms with van der Waals surface area (Å²) in [5, 5.41) is 6.04. The van der Waals surface area contributed by atoms with Crippen molar-refractivity contribution in [3.63, 3.8) is 0 Å². The van der Waals surface area contributed by atoms with Crippen LogP contribution in [0.25, 0.3) is 0 Å². The molecule has 0 aromatic heterocycles. The van der Waals surface area contributed by atoms with Crippen LogP contribution in [0, 0.1) is 13.8 Å². The number of rotatable bonds is 7. The Labute approximate surface area is 155 Å². The van der Waals surface area contributed by atoms with E-state index in [1.165, 1.54) is 0 Å². The topological polar surface area (TPSA) is 61.4 Å². The minimum absolute atomic E-state index is 0.00126. The molecule has 0 aliphatic rings. The SMILES string of the molecule is CCN(CC)C(=O)c1cccc(NCC(=O)Nc2c(C)cccc2C)c1. The summed E-state index contributed by atoms with van der Waals surface area (Å²) in [6, 6.07) is 13.2. The number of anilines is 2. The minimum atomic E-state index is -0.122. The molecule has 0 aliphatic carbocycles. The largest absolute Gasteiger partial charge is 0.376 e. The van der Waals surface area contributed by atoms with Crippen molar-refractivity contribution in [1.82, 2.24) is 4.90 Å². The van der Waals surface area contributed by atoms with Gasteiger partial charge in [0.05, 0.1) is 6.54 Å². The van der Waals surface area contributed by atoms with Crippen molar-refractivity contribution in [1.29, 1.82) is 0 Å². The Bertz CT molecular complexity index is 762. The molecule has 0 aliphatic heterocycles. The molecule has 0 saturated carbocycles. The number of nitrogens with zero attached hydrogens (tertiary/aromatic N) is 1. The fourth-order valence-corrected chi connectivity index (χ4v) is 2.83. The maximum Gasteiger partial charge on any atom is 0.253 e. The molecular weight excluding hydrogens is 326 g/mol. The summed E-state index contributed by atoms with van der Waals surface area (Å²) < 4.78 is 0. The quantitative estimate of drug-likeness (QED) is 0.795. The fourth-order valence-electron chi connectivity index (χ4n) is 2.83. The zero-order valence-corrected chi connectivity index (χ0v) is 15.9. The van der Waals surface area contributed by atoms with Gasteiger partial charge in [-0.15, -0.1) is 0 Å². The van der Waals surface area contributed by atoms with Crippen LogP contribution in [0.3, 0.4) is 0 Å². The number of nitrogens with one attached hydrogen (secondary N) is 2. The first-order chi connectivity index (χ1) is 12.5. The van der Waals surface area contributed by atoms with E-state index in [2.05, 4.69) is 10.6 Å². The highest BCUT2D eigenvalue weighted by Crippen LogP contribution is 2.19. The van der Waals surface area contributed by atoms with E-state index in [9.17, 15) is 9.59 Å². The molecule has 0 fully saturated rings. The number of aryl methyl sites for hydroxylation is 2. The van der Waals surface area contributed by atoms with Crippen LogP contribution in [0.1, 0.15) is 35.3 Å². The Hall–Kier alpha value is -2.82. The monoisotopic (exact) mass is 353 g/mol. The van der Waals surface area contributed by atoms with Gasteiger partial charge >= 0.3 is 0 Å². The molecule has 0 heterocycles. The maximum atomic E-state index is 12.4. The van der Waals surface area contributed by atoms with E-state index in [1.54, 1.807) is 17.0 Å². The summed E-state index contributed by atoms with van der Waals surface area (Å²) >= 11 is 0. The summed E-state index contributed by atoms with van der Waals surface area (Å²) in [4.78, 5) is 26.5. The van der Waals surface area contributed by atoms with E-state index in [4.69, 9.17) is 0 Å². The molecule has 0 bridgehead atoms. The van der Waals surface area contributed by atoms with Crippen molar-refractivity contribution < 1.29 is 9.59 Å². The molecule has 0 atom stereocenters. The molecule has 2 aromatic rings. The molecule has 0 saturated heterocycles. The minimum Gasteiger partial charge on any atom is -0.376 e. The Kier molecular flexibility index (Phi) is 6.78. The highest BCUT2D eigenvalue weighted by molar-refractivity contribution is 5.96. The fraction of sp³-hybridized carbons (Fsp3) is 0.333. The normalized spacial score (nSPS) is 10.3. The molecule has 2 rings (SSSR count). The molecule has 138 valence electrons. The number of amides is 2. The highest BCUT2D eigenvalue weighted by Gasteiger charge is 2.13. The van der Waals surface area contributed by atoms with Crippen LogP contribution >= 0.6 is 0 Å². The van der Waals surface area contributed by atoms with Gasteiger partial charge in [-0.25, -0.2) is 0 Å². The van der Waals surface area contributed by atoms with Gasteiger partial charge in [0.15, 0.2) is 0 Å². The summed E-state index contributed by atoms with van der Waals surface area (Å²) in [6.07, 6.45) is 0. The van der Waals surface area contributed by atoms with Crippen molar-refractivity contribution in [3.05, 3.63) is 59.2 Å². The van der Waals surface area contributed by atoms with Crippen molar-refractivity contribution in [2.75, 3.05) is 30.3 Å². The van der Waals surface area contributed by atoms with Crippen LogP contribution in [0.5, 0.6) is 0 Å². The van der Waals surface area contributed by atoms with Crippen molar-refractivity contribution >= 4 is 23.2 Å². The number of hydrogen-bond donors (Lipinski definition) is 2. The van der Waals surface area contributed by atoms with Crippen molar-refractivity contribution in [3.8, 4) is 0 Å². The van der Waals surface area contributed by atoms with Gasteiger partial charge in [0, 0.05) is 30.0 Å². The molecule has 2 N–H and O–H groups in total. The third kappa shape index (κ3) is 4.85. The van der Waals surface area contributed by atoms with Gasteiger partial charge in [0.25, 0.3) is 5.91 Å². The molecule has 5 heteroatoms. The van der Waals surface area contributed by atoms with E-state index < -0.39 is 0 Å². The smallest absolute Gasteiger partial charge is 0.253 e. The lowest BCUT2D eigenvalue weighted by atomic mass is 10.1. The van der Waals surface area contributed by atoms with Gasteiger partial charge in [-0.1, -0.05) is 24.3 Å². The molecule has 0 radical (unpaired) electrons. The molecule has 0 unspecified atom stereocenters. The predicted octanol–water partition coefficient (Wildman–Crippen LogP) is 3.84. The van der Waals surface area contributed by atoms with E-state index in [0.29, 0.717) is 18.7 Å². The number of hydrogen-bond acceptors (Lipinski definition) is 3. The standard InChI is InChI=1S/C21H27N3O2/c1-5-24(6-2)21(26)17-11-8-12-18(13-17)22-14-19(25)23-20-15(3)9-7-10-16(20)4/h7-13,22H,5-6,14H2,1-4H3,(H,23,25). The Morgan fingerprint density at radius 3 is 2.19 bits per heavy atom. The average Bonchev–Trinajstić information content (AvgIpc) is 2.64. The van der Waals surface area contributed by atoms with E-state index in [1.807, 2.05) is 58.0 Å². The van der Waals surface area contributed by atoms with Gasteiger partial charge < -0.3 is 15.5 Å². The third-order valence-electron chi connectivity index (χ3n) is 4.36. The molecule has 26 heavy (non-hydrogen) atoms. The summed E-state index contributed by atoms with van der Waals surface area (Å²) in [5.41, 5.74) is 4.29. The first-order valence-electron chi connectivity index (χ1n) is 8.95. The second-order valence-corrected chi connectivity index (χ2v) is 6.23. The number of carbonyl (C=O) groups excluding carboxylic acids is 2. The van der Waals surface area contributed by atoms with Crippen LogP contribution in [0.2, 0.25) is 0 Å². The van der Waals surface area contributed by atoms with Crippen LogP contribution < -0.4 is 10.6 Å². The number of benzene rings is 2. The molecular formula is C21H27N3O2. The molecule has 2 aromatic carbocycles. The first kappa shape index (κ1) is 19.5. The van der Waals surface area contributed by atoms with Crippen LogP contribution in [-0.4, -0.2) is 36.3 Å². The van der Waals surface area contributed by atoms with Crippen LogP contribution in [0.4, 0.5) is 11.4 Å². The van der Waals surface area contributed by atoms with Gasteiger partial charge in [-0.05, 0) is 57.0 Å². The Balaban J connectivity index is 2.00. The van der Waals surface area contributed by atoms with Gasteiger partial charge in [0.2, 0.25) is 5.91 Å². The lowest BCUT2D eigenvalue weighted by Gasteiger charge is -2.19. The second kappa shape index (κ2) is 9.04. The average molecular weight is 353 g/mol. The zero-order valence-electron chi connectivity index (χ0n) is 15.9. The van der Waals surface area contributed by atoms with Gasteiger partial charge in [-0.3, -0.25) is 9.59 Å². The summed E-state index contributed by atoms with van der Waals surface area (Å²) in [6.45, 7) is 9.34. The second-order valence-electron chi connectivity index (χ2n) is 6.23. The number of para-hydroxylation sites is 1. The zero-order chi connectivity index (χ0) is 19.1. The van der Waals surface area contributed by atoms with Gasteiger partial charge in [-0.2, -0.15) is 0 Å². The van der Waals surface area contributed by atoms with Crippen LogP contribution in [0.15, 0.2) is 42.5 Å². The van der Waals surface area contributed by atoms with E-state index >= 15 is 0 Å². The molecule has 2 amide bonds. The predicted molar refractivity (Wildman–Crippen MR) is 107 cm³/mol. The lowest BCUT2D eigenvalue weighted by Crippen LogP contribution is -2.30. The van der Waals surface area contributed by atoms with Gasteiger partial charge in [0.1, 0.15) is 0 Å². The summed E-state index contributed by atoms with van der Waals surface area (Å²) in [7, 11) is 0. The maximum absolute atomic E-state index is 12.4. The Morgan fingerprint density at radius 1 is 0.962 bits per heavy atom. The molecule has 5 nitrogen and oxygen atoms in total. The number of carbonyl (C=O) groups is 2. The van der Waals surface area contributed by atoms with E-state index in [-0.39, 0.29) is 18.4 Å². The van der Waals surface area contributed by atoms with Crippen molar-refractivity contribution in [2.45, 2.75) is 27.7 Å². The van der Waals surface area contributed by atoms with E-state index in [0.717, 1.165) is 22.5 Å². The first-order valence-corrected chi connectivity index (χ1v) is 8.95. The lowest BCUT2D eigenvalue weighted by molar-refractivity contribution is -0.114. The summed E-state index contributed by atoms with van der Waals surface area (Å²) in [5.74, 6) is -0.124. The highest BCUT2D eigenvalue weighted by atomic mass is 16.2. The van der Waals surface area contributed by atoms with Crippen molar-refractivity contribution in [2.24, 2.45) is 0 Å². The Morgan fingerprint density at radius 2 is 1.58 bits per heavy atom.